The van der Waals surface area contributed by atoms with E-state index in [4.69, 9.17) is 0 Å². The van der Waals surface area contributed by atoms with E-state index < -0.39 is 0 Å². The Kier molecular flexibility index (Phi) is 6.41. The van der Waals surface area contributed by atoms with Gasteiger partial charge in [0, 0.05) is 77.2 Å². The van der Waals surface area contributed by atoms with Gasteiger partial charge in [0.2, 0.25) is 0 Å². The molecule has 0 saturated carbocycles. The second-order valence-electron chi connectivity index (χ2n) is 15.4. The Balaban J connectivity index is 1.09. The maximum atomic E-state index is 2.52. The molecule has 13 rings (SSSR count). The number of anilines is 6. The fourth-order valence-electron chi connectivity index (χ4n) is 9.90. The van der Waals surface area contributed by atoms with Gasteiger partial charge in [-0.1, -0.05) is 121 Å². The lowest BCUT2D eigenvalue weighted by Gasteiger charge is -2.25. The van der Waals surface area contributed by atoms with Crippen LogP contribution in [0.2, 0.25) is 0 Å². The summed E-state index contributed by atoms with van der Waals surface area (Å²) in [5.74, 6) is 0. The number of hydrogen-bond acceptors (Lipinski definition) is 2. The van der Waals surface area contributed by atoms with E-state index in [0.717, 1.165) is 34.1 Å². The summed E-state index contributed by atoms with van der Waals surface area (Å²) >= 11 is 0. The molecule has 0 spiro atoms. The molecular formula is C54H34N4. The highest BCUT2D eigenvalue weighted by Crippen LogP contribution is 2.47. The Labute approximate surface area is 333 Å². The van der Waals surface area contributed by atoms with Crippen molar-refractivity contribution in [2.75, 3.05) is 9.80 Å². The summed E-state index contributed by atoms with van der Waals surface area (Å²) in [7, 11) is 0. The van der Waals surface area contributed by atoms with Crippen molar-refractivity contribution >= 4 is 110 Å². The lowest BCUT2D eigenvalue weighted by molar-refractivity contribution is 1.28. The van der Waals surface area contributed by atoms with Gasteiger partial charge in [-0.2, -0.15) is 0 Å². The fourth-order valence-corrected chi connectivity index (χ4v) is 9.90. The molecule has 4 heteroatoms. The summed E-state index contributed by atoms with van der Waals surface area (Å²) in [6.07, 6.45) is 0. The highest BCUT2D eigenvalue weighted by Gasteiger charge is 2.24. The maximum Gasteiger partial charge on any atom is 0.0620 e. The standard InChI is InChI=1S/C54H34N4/c1-5-15-35(16-6-1)55(36-17-7-2-8-18-36)39-27-29-41-43-23-13-25-45-47-34-52-48(33-51(47)57(53(43)45)49(41)31-39)46-26-14-24-44-42-30-28-40(32-50(42)58(52)54(44)46)56(37-19-9-3-10-20-37)38-21-11-4-12-22-38/h1-34H. The molecule has 0 bridgehead atoms. The molecule has 0 atom stereocenters. The van der Waals surface area contributed by atoms with Gasteiger partial charge in [0.25, 0.3) is 0 Å². The van der Waals surface area contributed by atoms with Crippen molar-refractivity contribution in [2.45, 2.75) is 0 Å². The van der Waals surface area contributed by atoms with Crippen LogP contribution in [0.5, 0.6) is 0 Å². The van der Waals surface area contributed by atoms with Gasteiger partial charge in [-0.15, -0.1) is 0 Å². The highest BCUT2D eigenvalue weighted by atomic mass is 15.1. The average Bonchev–Trinajstić information content (AvgIpc) is 4.01. The van der Waals surface area contributed by atoms with Crippen LogP contribution in [-0.4, -0.2) is 8.80 Å². The second kappa shape index (κ2) is 11.8. The number of hydrogen-bond donors (Lipinski definition) is 0. The molecule has 0 aliphatic rings. The first-order valence-electron chi connectivity index (χ1n) is 19.9. The molecule has 0 fully saturated rings. The first-order chi connectivity index (χ1) is 28.8. The van der Waals surface area contributed by atoms with Crippen LogP contribution in [-0.2, 0) is 0 Å². The first kappa shape index (κ1) is 31.4. The van der Waals surface area contributed by atoms with Crippen molar-refractivity contribution in [3.05, 3.63) is 206 Å². The Hall–Kier alpha value is -7.82. The maximum absolute atomic E-state index is 2.52. The van der Waals surface area contributed by atoms with E-state index in [2.05, 4.69) is 225 Å². The SMILES string of the molecule is c1ccc(N(c2ccccc2)c2ccc3c4cccc5c6cc7c(cc6n(c3c2)c45)c2cccc3c4ccc(N(c5ccccc5)c5ccccc5)cc4n7c32)cc1. The van der Waals surface area contributed by atoms with E-state index >= 15 is 0 Å². The van der Waals surface area contributed by atoms with E-state index in [-0.39, 0.29) is 0 Å². The summed E-state index contributed by atoms with van der Waals surface area (Å²) in [6, 6.07) is 75.2. The molecule has 0 saturated heterocycles. The topological polar surface area (TPSA) is 15.3 Å². The summed E-state index contributed by atoms with van der Waals surface area (Å²) in [6.45, 7) is 0. The zero-order valence-corrected chi connectivity index (χ0v) is 31.4. The minimum atomic E-state index is 1.13. The van der Waals surface area contributed by atoms with Crippen LogP contribution in [0, 0.1) is 0 Å². The zero-order valence-electron chi connectivity index (χ0n) is 31.4. The van der Waals surface area contributed by atoms with Gasteiger partial charge in [-0.05, 0) is 84.9 Å². The van der Waals surface area contributed by atoms with Crippen molar-refractivity contribution in [2.24, 2.45) is 0 Å². The van der Waals surface area contributed by atoms with Gasteiger partial charge in [-0.3, -0.25) is 0 Å². The Bertz CT molecular complexity index is 3340. The van der Waals surface area contributed by atoms with Gasteiger partial charge >= 0.3 is 0 Å². The van der Waals surface area contributed by atoms with Gasteiger partial charge in [0.05, 0.1) is 33.1 Å². The number of aromatic nitrogens is 2. The molecule has 0 N–H and O–H groups in total. The predicted octanol–water partition coefficient (Wildman–Crippen LogP) is 14.9. The largest absolute Gasteiger partial charge is 0.310 e. The molecule has 0 aliphatic carbocycles. The third-order valence-corrected chi connectivity index (χ3v) is 12.3. The van der Waals surface area contributed by atoms with Crippen LogP contribution in [0.25, 0.3) is 76.2 Å². The summed E-state index contributed by atoms with van der Waals surface area (Å²) < 4.78 is 5.05. The summed E-state index contributed by atoms with van der Waals surface area (Å²) in [4.78, 5) is 4.71. The van der Waals surface area contributed by atoms with E-state index in [1.807, 2.05) is 0 Å². The van der Waals surface area contributed by atoms with E-state index in [9.17, 15) is 0 Å². The van der Waals surface area contributed by atoms with Crippen LogP contribution in [0.15, 0.2) is 206 Å². The molecule has 4 nitrogen and oxygen atoms in total. The third kappa shape index (κ3) is 4.29. The number of fused-ring (bicyclic) bond motifs is 12. The van der Waals surface area contributed by atoms with Crippen molar-refractivity contribution in [1.29, 1.82) is 0 Å². The normalized spacial score (nSPS) is 12.1. The zero-order chi connectivity index (χ0) is 37.9. The quantitative estimate of drug-likeness (QED) is 0.169. The van der Waals surface area contributed by atoms with Crippen LogP contribution in [0.4, 0.5) is 34.1 Å². The molecule has 13 aromatic rings. The summed E-state index contributed by atoms with van der Waals surface area (Å²) in [5.41, 5.74) is 14.2. The average molecular weight is 739 g/mol. The molecule has 0 aliphatic heterocycles. The number of benzene rings is 9. The monoisotopic (exact) mass is 738 g/mol. The van der Waals surface area contributed by atoms with Gasteiger partial charge in [0.1, 0.15) is 0 Å². The molecule has 4 aromatic heterocycles. The molecular weight excluding hydrogens is 705 g/mol. The Morgan fingerprint density at radius 3 is 0.879 bits per heavy atom. The number of nitrogens with zero attached hydrogens (tertiary/aromatic N) is 4. The van der Waals surface area contributed by atoms with Crippen molar-refractivity contribution in [3.63, 3.8) is 0 Å². The van der Waals surface area contributed by atoms with Gasteiger partial charge in [0.15, 0.2) is 0 Å². The van der Waals surface area contributed by atoms with Crippen LogP contribution in [0.1, 0.15) is 0 Å². The van der Waals surface area contributed by atoms with E-state index in [0.29, 0.717) is 0 Å². The summed E-state index contributed by atoms with van der Waals surface area (Å²) in [5, 5.41) is 10.2. The molecule has 9 aromatic carbocycles. The molecule has 0 radical (unpaired) electrons. The molecule has 58 heavy (non-hydrogen) atoms. The smallest absolute Gasteiger partial charge is 0.0620 e. The Morgan fingerprint density at radius 1 is 0.224 bits per heavy atom. The van der Waals surface area contributed by atoms with Gasteiger partial charge in [-0.25, -0.2) is 0 Å². The van der Waals surface area contributed by atoms with E-state index in [1.54, 1.807) is 0 Å². The van der Waals surface area contributed by atoms with Crippen LogP contribution >= 0.6 is 0 Å². The van der Waals surface area contributed by atoms with Crippen molar-refractivity contribution < 1.29 is 0 Å². The third-order valence-electron chi connectivity index (χ3n) is 12.3. The number of para-hydroxylation sites is 6. The minimum absolute atomic E-state index is 1.13. The lowest BCUT2D eigenvalue weighted by Crippen LogP contribution is -2.09. The fraction of sp³-hybridized carbons (Fsp3) is 0. The lowest BCUT2D eigenvalue weighted by atomic mass is 10.0. The highest BCUT2D eigenvalue weighted by molar-refractivity contribution is 6.29. The first-order valence-corrected chi connectivity index (χ1v) is 19.9. The van der Waals surface area contributed by atoms with Crippen molar-refractivity contribution in [1.82, 2.24) is 8.80 Å². The van der Waals surface area contributed by atoms with Crippen LogP contribution < -0.4 is 9.80 Å². The Morgan fingerprint density at radius 2 is 0.534 bits per heavy atom. The van der Waals surface area contributed by atoms with Crippen molar-refractivity contribution in [3.8, 4) is 0 Å². The molecule has 0 amide bonds. The minimum Gasteiger partial charge on any atom is -0.310 e. The number of rotatable bonds is 6. The second-order valence-corrected chi connectivity index (χ2v) is 15.4. The van der Waals surface area contributed by atoms with Crippen LogP contribution in [0.3, 0.4) is 0 Å². The van der Waals surface area contributed by atoms with E-state index in [1.165, 1.54) is 76.2 Å². The molecule has 4 heterocycles. The van der Waals surface area contributed by atoms with Gasteiger partial charge < -0.3 is 18.6 Å². The molecule has 270 valence electrons. The molecule has 0 unspecified atom stereocenters. The predicted molar refractivity (Wildman–Crippen MR) is 245 cm³/mol.